The van der Waals surface area contributed by atoms with Crippen LogP contribution in [0.1, 0.15) is 37.3 Å². The predicted molar refractivity (Wildman–Crippen MR) is 63.1 cm³/mol. The Morgan fingerprint density at radius 1 is 1.44 bits per heavy atom. The minimum atomic E-state index is -2.92. The van der Waals surface area contributed by atoms with Gasteiger partial charge in [0.15, 0.2) is 0 Å². The zero-order valence-electron chi connectivity index (χ0n) is 9.43. The maximum absolute atomic E-state index is 13.5. The minimum absolute atomic E-state index is 0.00970. The third-order valence-corrected chi connectivity index (χ3v) is 2.93. The van der Waals surface area contributed by atoms with E-state index in [1.165, 1.54) is 6.07 Å². The summed E-state index contributed by atoms with van der Waals surface area (Å²) in [7, 11) is 0. The van der Waals surface area contributed by atoms with Gasteiger partial charge in [0.25, 0.3) is 5.92 Å². The molecule has 16 heavy (non-hydrogen) atoms. The van der Waals surface area contributed by atoms with E-state index in [-0.39, 0.29) is 16.5 Å². The van der Waals surface area contributed by atoms with Crippen molar-refractivity contribution < 1.29 is 8.78 Å². The Labute approximate surface area is 99.6 Å². The van der Waals surface area contributed by atoms with Crippen LogP contribution < -0.4 is 5.73 Å². The zero-order chi connectivity index (χ0) is 12.3. The molecular formula is C12H16ClF2N. The predicted octanol–water partition coefficient (Wildman–Crippen LogP) is 3.90. The van der Waals surface area contributed by atoms with Crippen LogP contribution >= 0.6 is 11.6 Å². The van der Waals surface area contributed by atoms with Crippen LogP contribution in [-0.4, -0.2) is 6.54 Å². The van der Waals surface area contributed by atoms with E-state index in [9.17, 15) is 8.78 Å². The summed E-state index contributed by atoms with van der Waals surface area (Å²) >= 11 is 5.85. The van der Waals surface area contributed by atoms with Gasteiger partial charge in [0.1, 0.15) is 0 Å². The summed E-state index contributed by atoms with van der Waals surface area (Å²) < 4.78 is 26.9. The fourth-order valence-corrected chi connectivity index (χ4v) is 2.17. The maximum atomic E-state index is 13.5. The summed E-state index contributed by atoms with van der Waals surface area (Å²) in [5, 5.41) is 0.119. The number of hydrogen-bond acceptors (Lipinski definition) is 1. The second kappa shape index (κ2) is 5.11. The highest BCUT2D eigenvalue weighted by atomic mass is 35.5. The van der Waals surface area contributed by atoms with Gasteiger partial charge in [-0.25, -0.2) is 8.78 Å². The molecule has 90 valence electrons. The molecule has 1 atom stereocenters. The smallest absolute Gasteiger partial charge is 0.272 e. The average molecular weight is 248 g/mol. The third kappa shape index (κ3) is 2.92. The summed E-state index contributed by atoms with van der Waals surface area (Å²) in [6.07, 6.45) is 0.670. The molecule has 0 aliphatic carbocycles. The van der Waals surface area contributed by atoms with E-state index in [0.717, 1.165) is 6.92 Å². The molecule has 0 heterocycles. The van der Waals surface area contributed by atoms with Crippen molar-refractivity contribution in [1.82, 2.24) is 0 Å². The summed E-state index contributed by atoms with van der Waals surface area (Å²) in [6.45, 7) is 3.23. The lowest BCUT2D eigenvalue weighted by Gasteiger charge is -2.21. The normalized spacial score (nSPS) is 13.9. The van der Waals surface area contributed by atoms with E-state index in [4.69, 9.17) is 17.3 Å². The van der Waals surface area contributed by atoms with Crippen molar-refractivity contribution in [3.63, 3.8) is 0 Å². The van der Waals surface area contributed by atoms with Crippen molar-refractivity contribution in [2.75, 3.05) is 6.54 Å². The van der Waals surface area contributed by atoms with Gasteiger partial charge >= 0.3 is 0 Å². The maximum Gasteiger partial charge on any atom is 0.272 e. The van der Waals surface area contributed by atoms with Crippen molar-refractivity contribution in [3.05, 3.63) is 34.3 Å². The summed E-state index contributed by atoms with van der Waals surface area (Å²) in [5.74, 6) is -2.93. The van der Waals surface area contributed by atoms with Gasteiger partial charge < -0.3 is 5.73 Å². The number of nitrogens with two attached hydrogens (primary N) is 1. The fourth-order valence-electron chi connectivity index (χ4n) is 1.82. The van der Waals surface area contributed by atoms with Crippen LogP contribution in [0, 0.1) is 0 Å². The van der Waals surface area contributed by atoms with Gasteiger partial charge in [-0.3, -0.25) is 0 Å². The first-order valence-electron chi connectivity index (χ1n) is 5.24. The Bertz CT molecular complexity index is 361. The van der Waals surface area contributed by atoms with E-state index in [1.807, 2.05) is 6.92 Å². The van der Waals surface area contributed by atoms with Crippen LogP contribution in [0.15, 0.2) is 18.2 Å². The van der Waals surface area contributed by atoms with Crippen LogP contribution in [0.3, 0.4) is 0 Å². The van der Waals surface area contributed by atoms with Crippen LogP contribution in [0.4, 0.5) is 8.78 Å². The Kier molecular flexibility index (Phi) is 4.28. The van der Waals surface area contributed by atoms with Gasteiger partial charge in [-0.05, 0) is 30.5 Å². The lowest BCUT2D eigenvalue weighted by atomic mass is 9.90. The van der Waals surface area contributed by atoms with Gasteiger partial charge in [-0.15, -0.1) is 0 Å². The van der Waals surface area contributed by atoms with Crippen molar-refractivity contribution in [1.29, 1.82) is 0 Å². The van der Waals surface area contributed by atoms with E-state index >= 15 is 0 Å². The molecule has 0 aromatic heterocycles. The Hall–Kier alpha value is -0.670. The number of alkyl halides is 2. The number of halogens is 3. The van der Waals surface area contributed by atoms with Gasteiger partial charge in [-0.2, -0.15) is 0 Å². The van der Waals surface area contributed by atoms with Gasteiger partial charge in [-0.1, -0.05) is 30.7 Å². The van der Waals surface area contributed by atoms with Crippen molar-refractivity contribution in [3.8, 4) is 0 Å². The number of benzene rings is 1. The Balaban J connectivity index is 3.23. The molecule has 0 spiro atoms. The largest absolute Gasteiger partial charge is 0.330 e. The molecule has 1 unspecified atom stereocenters. The first-order valence-corrected chi connectivity index (χ1v) is 5.62. The van der Waals surface area contributed by atoms with Crippen LogP contribution in [0.25, 0.3) is 0 Å². The molecule has 0 aliphatic rings. The van der Waals surface area contributed by atoms with E-state index in [1.54, 1.807) is 12.1 Å². The fraction of sp³-hybridized carbons (Fsp3) is 0.500. The summed E-state index contributed by atoms with van der Waals surface area (Å²) in [4.78, 5) is 0. The van der Waals surface area contributed by atoms with Gasteiger partial charge in [0.2, 0.25) is 0 Å². The highest BCUT2D eigenvalue weighted by molar-refractivity contribution is 6.31. The Morgan fingerprint density at radius 2 is 2.06 bits per heavy atom. The molecule has 0 radical (unpaired) electrons. The average Bonchev–Trinajstić information content (AvgIpc) is 2.15. The monoisotopic (exact) mass is 247 g/mol. The van der Waals surface area contributed by atoms with Crippen molar-refractivity contribution >= 4 is 11.6 Å². The topological polar surface area (TPSA) is 26.0 Å². The minimum Gasteiger partial charge on any atom is -0.330 e. The second-order valence-corrected chi connectivity index (χ2v) is 4.48. The van der Waals surface area contributed by atoms with E-state index in [0.29, 0.717) is 18.5 Å². The molecule has 0 aliphatic heterocycles. The highest BCUT2D eigenvalue weighted by Crippen LogP contribution is 2.38. The molecule has 1 aromatic rings. The molecule has 0 bridgehead atoms. The van der Waals surface area contributed by atoms with E-state index < -0.39 is 5.92 Å². The van der Waals surface area contributed by atoms with Crippen LogP contribution in [-0.2, 0) is 5.92 Å². The molecule has 0 fully saturated rings. The number of hydrogen-bond donors (Lipinski definition) is 1. The molecule has 0 saturated heterocycles. The van der Waals surface area contributed by atoms with Gasteiger partial charge in [0.05, 0.1) is 5.02 Å². The second-order valence-electron chi connectivity index (χ2n) is 4.07. The summed E-state index contributed by atoms with van der Waals surface area (Å²) in [5.41, 5.74) is 5.96. The molecule has 1 rings (SSSR count). The molecule has 0 saturated carbocycles. The van der Waals surface area contributed by atoms with Crippen LogP contribution in [0.5, 0.6) is 0 Å². The van der Waals surface area contributed by atoms with Crippen LogP contribution in [0.2, 0.25) is 5.02 Å². The molecule has 0 amide bonds. The van der Waals surface area contributed by atoms with Crippen molar-refractivity contribution in [2.24, 2.45) is 5.73 Å². The standard InChI is InChI=1S/C12H16ClF2N/c1-8(6-7-16)9-4-3-5-10(13)11(9)12(2,14)15/h3-5,8H,6-7,16H2,1-2H3. The van der Waals surface area contributed by atoms with Crippen molar-refractivity contribution in [2.45, 2.75) is 32.1 Å². The molecule has 4 heteroatoms. The number of rotatable bonds is 4. The molecule has 1 nitrogen and oxygen atoms in total. The first-order chi connectivity index (χ1) is 7.38. The van der Waals surface area contributed by atoms with E-state index in [2.05, 4.69) is 0 Å². The quantitative estimate of drug-likeness (QED) is 0.858. The first kappa shape index (κ1) is 13.4. The van der Waals surface area contributed by atoms with Gasteiger partial charge in [0, 0.05) is 12.5 Å². The molecule has 1 aromatic carbocycles. The highest BCUT2D eigenvalue weighted by Gasteiger charge is 2.31. The summed E-state index contributed by atoms with van der Waals surface area (Å²) in [6, 6.07) is 4.88. The third-order valence-electron chi connectivity index (χ3n) is 2.62. The Morgan fingerprint density at radius 3 is 2.56 bits per heavy atom. The molecular weight excluding hydrogens is 232 g/mol. The molecule has 2 N–H and O–H groups in total. The lowest BCUT2D eigenvalue weighted by Crippen LogP contribution is -2.14. The zero-order valence-corrected chi connectivity index (χ0v) is 10.2. The lowest BCUT2D eigenvalue weighted by molar-refractivity contribution is 0.0163. The SMILES string of the molecule is CC(CCN)c1cccc(Cl)c1C(C)(F)F.